The number of anilines is 2. The molecule has 0 saturated carbocycles. The highest BCUT2D eigenvalue weighted by atomic mass is 35.5. The van der Waals surface area contributed by atoms with Crippen molar-refractivity contribution < 1.29 is 18.4 Å². The Kier molecular flexibility index (Phi) is 7.08. The van der Waals surface area contributed by atoms with Crippen LogP contribution >= 0.6 is 11.6 Å². The minimum absolute atomic E-state index is 0.0571. The third kappa shape index (κ3) is 5.84. The van der Waals surface area contributed by atoms with E-state index < -0.39 is 12.3 Å². The van der Waals surface area contributed by atoms with Gasteiger partial charge in [-0.2, -0.15) is 0 Å². The Morgan fingerprint density at radius 3 is 2.40 bits per heavy atom. The fourth-order valence-electron chi connectivity index (χ4n) is 2.83. The number of rotatable bonds is 7. The van der Waals surface area contributed by atoms with Gasteiger partial charge in [-0.15, -0.1) is 0 Å². The minimum atomic E-state index is -2.70. The molecule has 0 fully saturated rings. The van der Waals surface area contributed by atoms with E-state index in [0.29, 0.717) is 22.0 Å². The number of nitrogens with one attached hydrogen (secondary N) is 2. The van der Waals surface area contributed by atoms with Gasteiger partial charge in [0.1, 0.15) is 0 Å². The second-order valence-electron chi connectivity index (χ2n) is 6.47. The van der Waals surface area contributed by atoms with Crippen LogP contribution in [0.1, 0.15) is 23.2 Å². The highest BCUT2D eigenvalue weighted by Gasteiger charge is 2.15. The highest BCUT2D eigenvalue weighted by Crippen LogP contribution is 2.26. The summed E-state index contributed by atoms with van der Waals surface area (Å²) in [5, 5.41) is 5.72. The average Bonchev–Trinajstić information content (AvgIpc) is 2.70. The minimum Gasteiger partial charge on any atom is -0.326 e. The van der Waals surface area contributed by atoms with Gasteiger partial charge in [0, 0.05) is 28.2 Å². The molecule has 0 aliphatic rings. The van der Waals surface area contributed by atoms with Gasteiger partial charge in [-0.05, 0) is 29.8 Å². The van der Waals surface area contributed by atoms with E-state index >= 15 is 0 Å². The van der Waals surface area contributed by atoms with Gasteiger partial charge in [0.25, 0.3) is 6.43 Å². The Hall–Kier alpha value is -3.32. The summed E-state index contributed by atoms with van der Waals surface area (Å²) in [7, 11) is 0. The smallest absolute Gasteiger partial charge is 0.265 e. The van der Waals surface area contributed by atoms with Crippen molar-refractivity contribution in [3.05, 3.63) is 88.7 Å². The summed E-state index contributed by atoms with van der Waals surface area (Å²) in [5.74, 6) is -0.759. The fourth-order valence-corrected chi connectivity index (χ4v) is 3.04. The van der Waals surface area contributed by atoms with Crippen LogP contribution in [0.25, 0.3) is 0 Å². The number of amides is 2. The molecule has 30 heavy (non-hydrogen) atoms. The summed E-state index contributed by atoms with van der Waals surface area (Å²) < 4.78 is 26.1. The third-order valence-electron chi connectivity index (χ3n) is 4.22. The predicted octanol–water partition coefficient (Wildman–Crippen LogP) is 5.04. The van der Waals surface area contributed by atoms with Crippen LogP contribution in [0.3, 0.4) is 0 Å². The summed E-state index contributed by atoms with van der Waals surface area (Å²) >= 11 is 6.07. The first-order valence-corrected chi connectivity index (χ1v) is 9.45. The number of benzene rings is 2. The zero-order valence-corrected chi connectivity index (χ0v) is 16.5. The molecule has 0 atom stereocenters. The van der Waals surface area contributed by atoms with E-state index in [2.05, 4.69) is 15.6 Å². The maximum atomic E-state index is 13.0. The van der Waals surface area contributed by atoms with E-state index in [1.807, 2.05) is 0 Å². The van der Waals surface area contributed by atoms with Crippen molar-refractivity contribution in [2.24, 2.45) is 0 Å². The number of nitrogens with zero attached hydrogens (tertiary/aromatic N) is 1. The molecule has 1 aromatic heterocycles. The lowest BCUT2D eigenvalue weighted by atomic mass is 10.1. The third-order valence-corrected chi connectivity index (χ3v) is 4.59. The summed E-state index contributed by atoms with van der Waals surface area (Å²) in [6, 6.07) is 15.9. The van der Waals surface area contributed by atoms with E-state index in [1.165, 1.54) is 24.4 Å². The molecule has 0 saturated heterocycles. The van der Waals surface area contributed by atoms with Gasteiger partial charge in [-0.3, -0.25) is 14.6 Å². The summed E-state index contributed by atoms with van der Waals surface area (Å²) in [6.45, 7) is 0. The number of hydrogen-bond donors (Lipinski definition) is 2. The Morgan fingerprint density at radius 1 is 0.933 bits per heavy atom. The standard InChI is InChI=1S/C22H18ClF2N3O2/c23-18-7-3-1-5-14(18)11-20(29)27-15-9-10-26-16(12-15)13-21(30)28-19-8-4-2-6-17(19)22(24)25/h1-10,12,22H,11,13H2,(H,28,30)(H,26,27,29). The molecule has 5 nitrogen and oxygen atoms in total. The van der Waals surface area contributed by atoms with Crippen LogP contribution in [0.15, 0.2) is 66.9 Å². The Bertz CT molecular complexity index is 1060. The van der Waals surface area contributed by atoms with E-state index in [1.54, 1.807) is 42.5 Å². The number of alkyl halides is 2. The van der Waals surface area contributed by atoms with Crippen LogP contribution in [0.4, 0.5) is 20.2 Å². The molecule has 0 bridgehead atoms. The van der Waals surface area contributed by atoms with Crippen LogP contribution in [0.2, 0.25) is 5.02 Å². The molecule has 0 aliphatic carbocycles. The normalized spacial score (nSPS) is 10.7. The van der Waals surface area contributed by atoms with Gasteiger partial charge >= 0.3 is 0 Å². The predicted molar refractivity (Wildman–Crippen MR) is 112 cm³/mol. The van der Waals surface area contributed by atoms with Crippen molar-refractivity contribution in [3.8, 4) is 0 Å². The van der Waals surface area contributed by atoms with Crippen LogP contribution in [-0.2, 0) is 22.4 Å². The molecule has 3 rings (SSSR count). The molecule has 0 unspecified atom stereocenters. The molecule has 2 N–H and O–H groups in total. The average molecular weight is 430 g/mol. The van der Waals surface area contributed by atoms with Crippen LogP contribution in [0.5, 0.6) is 0 Å². The van der Waals surface area contributed by atoms with Crippen molar-refractivity contribution in [1.29, 1.82) is 0 Å². The zero-order chi connectivity index (χ0) is 21.5. The summed E-state index contributed by atoms with van der Waals surface area (Å²) in [4.78, 5) is 28.6. The maximum Gasteiger partial charge on any atom is 0.265 e. The zero-order valence-electron chi connectivity index (χ0n) is 15.7. The first kappa shape index (κ1) is 21.4. The van der Waals surface area contributed by atoms with Crippen molar-refractivity contribution in [3.63, 3.8) is 0 Å². The lowest BCUT2D eigenvalue weighted by Gasteiger charge is -2.11. The molecule has 154 valence electrons. The molecule has 2 aromatic carbocycles. The molecule has 3 aromatic rings. The van der Waals surface area contributed by atoms with E-state index in [9.17, 15) is 18.4 Å². The number of hydrogen-bond acceptors (Lipinski definition) is 3. The van der Waals surface area contributed by atoms with Crippen LogP contribution < -0.4 is 10.6 Å². The van der Waals surface area contributed by atoms with Crippen molar-refractivity contribution >= 4 is 34.8 Å². The van der Waals surface area contributed by atoms with E-state index in [0.717, 1.165) is 0 Å². The lowest BCUT2D eigenvalue weighted by Crippen LogP contribution is -2.17. The van der Waals surface area contributed by atoms with Crippen molar-refractivity contribution in [2.75, 3.05) is 10.6 Å². The maximum absolute atomic E-state index is 13.0. The van der Waals surface area contributed by atoms with Crippen molar-refractivity contribution in [1.82, 2.24) is 4.98 Å². The number of halogens is 3. The van der Waals surface area contributed by atoms with E-state index in [4.69, 9.17) is 11.6 Å². The largest absolute Gasteiger partial charge is 0.326 e. The number of aromatic nitrogens is 1. The molecule has 1 heterocycles. The quantitative estimate of drug-likeness (QED) is 0.553. The van der Waals surface area contributed by atoms with Gasteiger partial charge in [0.05, 0.1) is 18.5 Å². The second kappa shape index (κ2) is 9.93. The summed E-state index contributed by atoms with van der Waals surface area (Å²) in [6.07, 6.45) is -1.27. The van der Waals surface area contributed by atoms with Crippen LogP contribution in [0, 0.1) is 0 Å². The van der Waals surface area contributed by atoms with Gasteiger partial charge in [-0.25, -0.2) is 8.78 Å². The monoisotopic (exact) mass is 429 g/mol. The second-order valence-corrected chi connectivity index (χ2v) is 6.87. The molecular formula is C22H18ClF2N3O2. The fraction of sp³-hybridized carbons (Fsp3) is 0.136. The molecule has 8 heteroatoms. The molecular weight excluding hydrogens is 412 g/mol. The molecule has 2 amide bonds. The Morgan fingerprint density at radius 2 is 1.63 bits per heavy atom. The van der Waals surface area contributed by atoms with Gasteiger partial charge in [0.15, 0.2) is 0 Å². The Labute approximate surface area is 177 Å². The first-order chi connectivity index (χ1) is 14.4. The van der Waals surface area contributed by atoms with Gasteiger partial charge < -0.3 is 10.6 Å². The SMILES string of the molecule is O=C(Cc1ccccc1Cl)Nc1ccnc(CC(=O)Nc2ccccc2C(F)F)c1. The molecule has 0 aliphatic heterocycles. The van der Waals surface area contributed by atoms with Crippen LogP contribution in [-0.4, -0.2) is 16.8 Å². The summed E-state index contributed by atoms with van der Waals surface area (Å²) in [5.41, 5.74) is 1.36. The molecule has 0 radical (unpaired) electrons. The lowest BCUT2D eigenvalue weighted by molar-refractivity contribution is -0.116. The number of carbonyl (C=O) groups excluding carboxylic acids is 2. The Balaban J connectivity index is 1.62. The highest BCUT2D eigenvalue weighted by molar-refractivity contribution is 6.31. The van der Waals surface area contributed by atoms with Crippen molar-refractivity contribution in [2.45, 2.75) is 19.3 Å². The number of pyridine rings is 1. The first-order valence-electron chi connectivity index (χ1n) is 9.07. The number of para-hydroxylation sites is 1. The number of carbonyl (C=O) groups is 2. The molecule has 0 spiro atoms. The van der Waals surface area contributed by atoms with E-state index in [-0.39, 0.29) is 30.0 Å². The van der Waals surface area contributed by atoms with Gasteiger partial charge in [0.2, 0.25) is 11.8 Å². The topological polar surface area (TPSA) is 71.1 Å². The van der Waals surface area contributed by atoms with Gasteiger partial charge in [-0.1, -0.05) is 48.0 Å².